The van der Waals surface area contributed by atoms with Crippen LogP contribution < -0.4 is 10.6 Å². The summed E-state index contributed by atoms with van der Waals surface area (Å²) in [6, 6.07) is 2.74. The summed E-state index contributed by atoms with van der Waals surface area (Å²) in [6.45, 7) is 3.48. The quantitative estimate of drug-likeness (QED) is 0.732. The number of amides is 3. The zero-order valence-corrected chi connectivity index (χ0v) is 11.4. The lowest BCUT2D eigenvalue weighted by atomic mass is 9.85. The Kier molecular flexibility index (Phi) is 5.31. The Morgan fingerprint density at radius 3 is 2.55 bits per heavy atom. The van der Waals surface area contributed by atoms with Crippen LogP contribution in [0.3, 0.4) is 0 Å². The minimum atomic E-state index is -0.981. The van der Waals surface area contributed by atoms with Gasteiger partial charge < -0.3 is 14.8 Å². The Morgan fingerprint density at radius 1 is 1.30 bits per heavy atom. The predicted octanol–water partition coefficient (Wildman–Crippen LogP) is 1.50. The highest BCUT2D eigenvalue weighted by Gasteiger charge is 2.25. The summed E-state index contributed by atoms with van der Waals surface area (Å²) in [5.41, 5.74) is -0.711. The topological polar surface area (TPSA) is 109 Å². The van der Waals surface area contributed by atoms with E-state index in [4.69, 9.17) is 9.52 Å². The van der Waals surface area contributed by atoms with Gasteiger partial charge in [0.25, 0.3) is 0 Å². The zero-order valence-electron chi connectivity index (χ0n) is 11.4. The number of aliphatic carboxylic acids is 1. The standard InChI is InChI=1S/C13H18N2O5/c1-13(2,7-11(17)18)6-10(16)15-12(19)14-8-9-4-3-5-20-9/h3-5H,6-8H2,1-2H3,(H,17,18)(H2,14,15,16,19). The van der Waals surface area contributed by atoms with Crippen LogP contribution in [0.5, 0.6) is 0 Å². The van der Waals surface area contributed by atoms with E-state index in [1.165, 1.54) is 6.26 Å². The van der Waals surface area contributed by atoms with E-state index in [9.17, 15) is 14.4 Å². The van der Waals surface area contributed by atoms with E-state index in [2.05, 4.69) is 10.6 Å². The number of nitrogens with one attached hydrogen (secondary N) is 2. The van der Waals surface area contributed by atoms with Crippen molar-refractivity contribution in [2.24, 2.45) is 5.41 Å². The van der Waals surface area contributed by atoms with Crippen molar-refractivity contribution < 1.29 is 23.9 Å². The van der Waals surface area contributed by atoms with Crippen LogP contribution in [0.2, 0.25) is 0 Å². The van der Waals surface area contributed by atoms with Crippen LogP contribution in [0.1, 0.15) is 32.4 Å². The summed E-state index contributed by atoms with van der Waals surface area (Å²) in [5.74, 6) is -0.933. The summed E-state index contributed by atoms with van der Waals surface area (Å²) in [6.07, 6.45) is 1.29. The van der Waals surface area contributed by atoms with Gasteiger partial charge in [-0.1, -0.05) is 13.8 Å². The molecule has 0 unspecified atom stereocenters. The fraction of sp³-hybridized carbons (Fsp3) is 0.462. The zero-order chi connectivity index (χ0) is 15.2. The van der Waals surface area contributed by atoms with Crippen molar-refractivity contribution in [3.63, 3.8) is 0 Å². The van der Waals surface area contributed by atoms with Crippen molar-refractivity contribution in [3.8, 4) is 0 Å². The molecule has 0 saturated heterocycles. The molecule has 110 valence electrons. The molecule has 0 radical (unpaired) electrons. The van der Waals surface area contributed by atoms with Gasteiger partial charge in [-0.05, 0) is 17.5 Å². The Balaban J connectivity index is 2.34. The third-order valence-corrected chi connectivity index (χ3v) is 2.53. The van der Waals surface area contributed by atoms with Crippen molar-refractivity contribution in [2.75, 3.05) is 0 Å². The fourth-order valence-corrected chi connectivity index (χ4v) is 1.70. The lowest BCUT2D eigenvalue weighted by Crippen LogP contribution is -2.40. The van der Waals surface area contributed by atoms with Gasteiger partial charge in [0.05, 0.1) is 19.2 Å². The average Bonchev–Trinajstić information content (AvgIpc) is 2.75. The SMILES string of the molecule is CC(C)(CC(=O)O)CC(=O)NC(=O)NCc1ccco1. The Bertz CT molecular complexity index is 479. The second kappa shape index (κ2) is 6.74. The normalized spacial score (nSPS) is 10.9. The predicted molar refractivity (Wildman–Crippen MR) is 69.7 cm³/mol. The molecule has 1 aromatic heterocycles. The van der Waals surface area contributed by atoms with Crippen LogP contribution in [-0.2, 0) is 16.1 Å². The van der Waals surface area contributed by atoms with Gasteiger partial charge in [0, 0.05) is 6.42 Å². The molecule has 0 aromatic carbocycles. The van der Waals surface area contributed by atoms with Crippen LogP contribution >= 0.6 is 0 Å². The maximum Gasteiger partial charge on any atom is 0.321 e. The first-order valence-corrected chi connectivity index (χ1v) is 6.10. The van der Waals surface area contributed by atoms with E-state index < -0.39 is 23.3 Å². The van der Waals surface area contributed by atoms with E-state index in [1.54, 1.807) is 26.0 Å². The maximum atomic E-state index is 11.6. The highest BCUT2D eigenvalue weighted by atomic mass is 16.4. The van der Waals surface area contributed by atoms with Gasteiger partial charge in [0.15, 0.2) is 0 Å². The highest BCUT2D eigenvalue weighted by Crippen LogP contribution is 2.24. The van der Waals surface area contributed by atoms with Gasteiger partial charge in [-0.3, -0.25) is 14.9 Å². The monoisotopic (exact) mass is 282 g/mol. The van der Waals surface area contributed by atoms with Gasteiger partial charge in [-0.25, -0.2) is 4.79 Å². The number of urea groups is 1. The summed E-state index contributed by atoms with van der Waals surface area (Å²) in [4.78, 5) is 33.7. The van der Waals surface area contributed by atoms with Crippen LogP contribution in [0, 0.1) is 5.41 Å². The second-order valence-electron chi connectivity index (χ2n) is 5.22. The number of furan rings is 1. The van der Waals surface area contributed by atoms with Gasteiger partial charge in [-0.15, -0.1) is 0 Å². The molecular weight excluding hydrogens is 264 g/mol. The number of hydrogen-bond acceptors (Lipinski definition) is 4. The van der Waals surface area contributed by atoms with Gasteiger partial charge >= 0.3 is 12.0 Å². The van der Waals surface area contributed by atoms with E-state index in [0.717, 1.165) is 0 Å². The summed E-state index contributed by atoms with van der Waals surface area (Å²) < 4.78 is 5.02. The Hall–Kier alpha value is -2.31. The molecule has 0 aliphatic rings. The molecule has 1 aromatic rings. The van der Waals surface area contributed by atoms with Crippen LogP contribution in [0.4, 0.5) is 4.79 Å². The lowest BCUT2D eigenvalue weighted by Gasteiger charge is -2.21. The molecule has 0 aliphatic carbocycles. The smallest absolute Gasteiger partial charge is 0.321 e. The molecule has 20 heavy (non-hydrogen) atoms. The number of rotatable bonds is 6. The number of carboxylic acids is 1. The first kappa shape index (κ1) is 15.7. The van der Waals surface area contributed by atoms with Crippen molar-refractivity contribution in [1.82, 2.24) is 10.6 Å². The third-order valence-electron chi connectivity index (χ3n) is 2.53. The van der Waals surface area contributed by atoms with Crippen molar-refractivity contribution in [2.45, 2.75) is 33.2 Å². The van der Waals surface area contributed by atoms with Crippen LogP contribution in [-0.4, -0.2) is 23.0 Å². The molecule has 0 bridgehead atoms. The van der Waals surface area contributed by atoms with Gasteiger partial charge in [0.1, 0.15) is 5.76 Å². The van der Waals surface area contributed by atoms with E-state index in [0.29, 0.717) is 5.76 Å². The molecule has 0 spiro atoms. The molecule has 3 N–H and O–H groups in total. The van der Waals surface area contributed by atoms with E-state index in [-0.39, 0.29) is 19.4 Å². The van der Waals surface area contributed by atoms with Crippen LogP contribution in [0.25, 0.3) is 0 Å². The Morgan fingerprint density at radius 2 is 2.00 bits per heavy atom. The third kappa shape index (κ3) is 6.03. The number of hydrogen-bond donors (Lipinski definition) is 3. The van der Waals surface area contributed by atoms with Gasteiger partial charge in [-0.2, -0.15) is 0 Å². The summed E-state index contributed by atoms with van der Waals surface area (Å²) >= 11 is 0. The minimum absolute atomic E-state index is 0.0481. The maximum absolute atomic E-state index is 11.6. The van der Waals surface area contributed by atoms with Crippen LogP contribution in [0.15, 0.2) is 22.8 Å². The molecule has 0 fully saturated rings. The number of carbonyl (C=O) groups is 3. The number of carbonyl (C=O) groups excluding carboxylic acids is 2. The molecule has 1 rings (SSSR count). The molecule has 1 heterocycles. The second-order valence-corrected chi connectivity index (χ2v) is 5.22. The lowest BCUT2D eigenvalue weighted by molar-refractivity contribution is -0.139. The largest absolute Gasteiger partial charge is 0.481 e. The van der Waals surface area contributed by atoms with E-state index in [1.807, 2.05) is 0 Å². The summed E-state index contributed by atoms with van der Waals surface area (Å²) in [7, 11) is 0. The molecule has 3 amide bonds. The van der Waals surface area contributed by atoms with Gasteiger partial charge in [0.2, 0.25) is 5.91 Å². The fourth-order valence-electron chi connectivity index (χ4n) is 1.70. The molecule has 0 aliphatic heterocycles. The molecule has 0 saturated carbocycles. The molecule has 7 heteroatoms. The summed E-state index contributed by atoms with van der Waals surface area (Å²) in [5, 5.41) is 13.3. The Labute approximate surface area is 116 Å². The van der Waals surface area contributed by atoms with E-state index >= 15 is 0 Å². The number of imide groups is 1. The first-order valence-electron chi connectivity index (χ1n) is 6.10. The van der Waals surface area contributed by atoms with Crippen molar-refractivity contribution in [3.05, 3.63) is 24.2 Å². The molecular formula is C13H18N2O5. The van der Waals surface area contributed by atoms with Crippen molar-refractivity contribution in [1.29, 1.82) is 0 Å². The van der Waals surface area contributed by atoms with Crippen molar-refractivity contribution >= 4 is 17.9 Å². The molecule has 7 nitrogen and oxygen atoms in total. The molecule has 0 atom stereocenters. The first-order chi connectivity index (χ1) is 9.28. The minimum Gasteiger partial charge on any atom is -0.481 e. The number of carboxylic acid groups (broad SMARTS) is 1. The highest BCUT2D eigenvalue weighted by molar-refractivity contribution is 5.94. The average molecular weight is 282 g/mol.